The largest absolute Gasteiger partial charge is 0.492 e. The van der Waals surface area contributed by atoms with E-state index in [1.165, 1.54) is 0 Å². The number of anilines is 2. The summed E-state index contributed by atoms with van der Waals surface area (Å²) >= 11 is 0. The number of aromatic nitrogens is 1. The molecule has 0 unspecified atom stereocenters. The van der Waals surface area contributed by atoms with Crippen LogP contribution in [-0.2, 0) is 11.3 Å². The van der Waals surface area contributed by atoms with Gasteiger partial charge in [-0.25, -0.2) is 0 Å². The highest BCUT2D eigenvalue weighted by atomic mass is 16.5. The van der Waals surface area contributed by atoms with Crippen LogP contribution in [0.2, 0.25) is 0 Å². The summed E-state index contributed by atoms with van der Waals surface area (Å²) in [6, 6.07) is 11.4. The molecular weight excluding hydrogens is 278 g/mol. The molecule has 1 heterocycles. The molecule has 1 aromatic heterocycles. The number of nitrogens with one attached hydrogen (secondary N) is 1. The first-order valence-electron chi connectivity index (χ1n) is 7.28. The van der Waals surface area contributed by atoms with Gasteiger partial charge in [0.1, 0.15) is 5.75 Å². The third kappa shape index (κ3) is 4.22. The number of hydrogen-bond acceptors (Lipinski definition) is 3. The number of carbonyl (C=O) groups is 1. The molecule has 5 heteroatoms. The van der Waals surface area contributed by atoms with E-state index in [0.29, 0.717) is 18.0 Å². The second-order valence-corrected chi connectivity index (χ2v) is 5.10. The lowest BCUT2D eigenvalue weighted by molar-refractivity contribution is -0.684. The van der Waals surface area contributed by atoms with Gasteiger partial charge < -0.3 is 15.0 Å². The molecule has 2 rings (SSSR count). The van der Waals surface area contributed by atoms with Crippen LogP contribution in [0.3, 0.4) is 0 Å². The van der Waals surface area contributed by atoms with Gasteiger partial charge in [0.25, 0.3) is 5.91 Å². The smallest absolute Gasteiger partial charge is 0.290 e. The molecule has 0 aliphatic carbocycles. The highest BCUT2D eigenvalue weighted by Gasteiger charge is 2.12. The standard InChI is InChI=1S/C17H21N3O2/c1-4-22-16-8-6-5-7-15(16)18-17(21)13-20-11-9-14(10-12-20)19(2)3/h5-12H,4,13H2,1-3H3/p+1. The fourth-order valence-electron chi connectivity index (χ4n) is 2.06. The maximum absolute atomic E-state index is 12.2. The van der Waals surface area contributed by atoms with Gasteiger partial charge in [0, 0.05) is 31.9 Å². The average Bonchev–Trinajstić information content (AvgIpc) is 2.50. The van der Waals surface area contributed by atoms with Crippen molar-refractivity contribution in [2.45, 2.75) is 13.5 Å². The van der Waals surface area contributed by atoms with Crippen molar-refractivity contribution >= 4 is 17.3 Å². The van der Waals surface area contributed by atoms with Gasteiger partial charge in [0.15, 0.2) is 12.4 Å². The Labute approximate surface area is 131 Å². The van der Waals surface area contributed by atoms with Crippen LogP contribution >= 0.6 is 0 Å². The minimum atomic E-state index is -0.0882. The van der Waals surface area contributed by atoms with Crippen molar-refractivity contribution in [1.29, 1.82) is 0 Å². The van der Waals surface area contributed by atoms with Gasteiger partial charge in [-0.2, -0.15) is 4.57 Å². The van der Waals surface area contributed by atoms with E-state index in [0.717, 1.165) is 5.69 Å². The first-order valence-corrected chi connectivity index (χ1v) is 7.28. The molecule has 1 N–H and O–H groups in total. The van der Waals surface area contributed by atoms with Crippen LogP contribution in [0.1, 0.15) is 6.92 Å². The molecule has 0 saturated heterocycles. The quantitative estimate of drug-likeness (QED) is 0.831. The van der Waals surface area contributed by atoms with E-state index >= 15 is 0 Å². The molecule has 0 aliphatic heterocycles. The summed E-state index contributed by atoms with van der Waals surface area (Å²) in [7, 11) is 3.97. The van der Waals surface area contributed by atoms with Crippen LogP contribution in [0.4, 0.5) is 11.4 Å². The fraction of sp³-hybridized carbons (Fsp3) is 0.294. The predicted octanol–water partition coefficient (Wildman–Crippen LogP) is 2.08. The molecule has 0 bridgehead atoms. The molecule has 1 aromatic carbocycles. The lowest BCUT2D eigenvalue weighted by atomic mass is 10.3. The van der Waals surface area contributed by atoms with Crippen LogP contribution in [0.15, 0.2) is 48.8 Å². The number of pyridine rings is 1. The molecule has 22 heavy (non-hydrogen) atoms. The minimum absolute atomic E-state index is 0.0882. The zero-order valence-corrected chi connectivity index (χ0v) is 13.2. The summed E-state index contributed by atoms with van der Waals surface area (Å²) in [5, 5.41) is 2.89. The van der Waals surface area contributed by atoms with Crippen LogP contribution in [-0.4, -0.2) is 26.6 Å². The number of para-hydroxylation sites is 2. The van der Waals surface area contributed by atoms with E-state index in [2.05, 4.69) is 5.32 Å². The Morgan fingerprint density at radius 1 is 1.18 bits per heavy atom. The Bertz CT molecular complexity index is 624. The summed E-state index contributed by atoms with van der Waals surface area (Å²) in [6.45, 7) is 2.74. The van der Waals surface area contributed by atoms with Crippen LogP contribution in [0.25, 0.3) is 0 Å². The Morgan fingerprint density at radius 2 is 1.86 bits per heavy atom. The van der Waals surface area contributed by atoms with Crippen LogP contribution in [0, 0.1) is 0 Å². The lowest BCUT2D eigenvalue weighted by Crippen LogP contribution is -2.39. The van der Waals surface area contributed by atoms with Crippen LogP contribution < -0.4 is 19.5 Å². The molecule has 0 fully saturated rings. The number of nitrogens with zero attached hydrogens (tertiary/aromatic N) is 2. The second kappa shape index (κ2) is 7.45. The summed E-state index contributed by atoms with van der Waals surface area (Å²) in [5.41, 5.74) is 1.79. The Kier molecular flexibility index (Phi) is 5.36. The van der Waals surface area contributed by atoms with Crippen molar-refractivity contribution in [3.8, 4) is 5.75 Å². The van der Waals surface area contributed by atoms with Crippen molar-refractivity contribution in [2.75, 3.05) is 30.9 Å². The van der Waals surface area contributed by atoms with Gasteiger partial charge in [-0.3, -0.25) is 4.79 Å². The van der Waals surface area contributed by atoms with Crippen molar-refractivity contribution in [1.82, 2.24) is 0 Å². The van der Waals surface area contributed by atoms with Gasteiger partial charge in [-0.1, -0.05) is 12.1 Å². The number of ether oxygens (including phenoxy) is 1. The van der Waals surface area contributed by atoms with Gasteiger partial charge in [0.05, 0.1) is 12.3 Å². The summed E-state index contributed by atoms with van der Waals surface area (Å²) in [4.78, 5) is 14.2. The number of carbonyl (C=O) groups excluding carboxylic acids is 1. The van der Waals surface area contributed by atoms with E-state index < -0.39 is 0 Å². The fourth-order valence-corrected chi connectivity index (χ4v) is 2.06. The van der Waals surface area contributed by atoms with Crippen molar-refractivity contribution in [2.24, 2.45) is 0 Å². The molecule has 116 valence electrons. The Morgan fingerprint density at radius 3 is 2.50 bits per heavy atom. The third-order valence-electron chi connectivity index (χ3n) is 3.18. The van der Waals surface area contributed by atoms with Gasteiger partial charge in [-0.15, -0.1) is 0 Å². The summed E-state index contributed by atoms with van der Waals surface area (Å²) in [6.07, 6.45) is 3.78. The molecule has 0 radical (unpaired) electrons. The van der Waals surface area contributed by atoms with Crippen molar-refractivity contribution in [3.63, 3.8) is 0 Å². The molecule has 5 nitrogen and oxygen atoms in total. The highest BCUT2D eigenvalue weighted by molar-refractivity contribution is 5.91. The van der Waals surface area contributed by atoms with Gasteiger partial charge in [-0.05, 0) is 19.1 Å². The van der Waals surface area contributed by atoms with E-state index in [-0.39, 0.29) is 12.5 Å². The maximum atomic E-state index is 12.2. The molecule has 0 atom stereocenters. The molecule has 0 saturated carbocycles. The monoisotopic (exact) mass is 300 g/mol. The first-order chi connectivity index (χ1) is 10.6. The highest BCUT2D eigenvalue weighted by Crippen LogP contribution is 2.23. The number of rotatable bonds is 6. The maximum Gasteiger partial charge on any atom is 0.290 e. The molecular formula is C17H22N3O2+. The number of hydrogen-bond donors (Lipinski definition) is 1. The minimum Gasteiger partial charge on any atom is -0.492 e. The van der Waals surface area contributed by atoms with Crippen molar-refractivity contribution < 1.29 is 14.1 Å². The Balaban J connectivity index is 2.01. The number of amides is 1. The zero-order valence-electron chi connectivity index (χ0n) is 13.2. The van der Waals surface area contributed by atoms with E-state index in [1.54, 1.807) is 0 Å². The normalized spacial score (nSPS) is 10.1. The molecule has 0 aliphatic rings. The first kappa shape index (κ1) is 15.8. The molecule has 0 spiro atoms. The Hall–Kier alpha value is -2.56. The summed E-state index contributed by atoms with van der Waals surface area (Å²) in [5.74, 6) is 0.598. The predicted molar refractivity (Wildman–Crippen MR) is 87.2 cm³/mol. The van der Waals surface area contributed by atoms with Gasteiger partial charge in [0.2, 0.25) is 6.54 Å². The van der Waals surface area contributed by atoms with Crippen LogP contribution in [0.5, 0.6) is 5.75 Å². The average molecular weight is 300 g/mol. The molecule has 1 amide bonds. The zero-order chi connectivity index (χ0) is 15.9. The van der Waals surface area contributed by atoms with Gasteiger partial charge >= 0.3 is 0 Å². The third-order valence-corrected chi connectivity index (χ3v) is 3.18. The second-order valence-electron chi connectivity index (χ2n) is 5.10. The van der Waals surface area contributed by atoms with E-state index in [4.69, 9.17) is 4.74 Å². The van der Waals surface area contributed by atoms with Crippen molar-refractivity contribution in [3.05, 3.63) is 48.8 Å². The molecule has 2 aromatic rings. The topological polar surface area (TPSA) is 45.5 Å². The van der Waals surface area contributed by atoms with E-state index in [1.807, 2.05) is 79.3 Å². The lowest BCUT2D eigenvalue weighted by Gasteiger charge is -2.11. The summed E-state index contributed by atoms with van der Waals surface area (Å²) < 4.78 is 7.34. The number of benzene rings is 1. The van der Waals surface area contributed by atoms with E-state index in [9.17, 15) is 4.79 Å². The SMILES string of the molecule is CCOc1ccccc1NC(=O)C[n+]1ccc(N(C)C)cc1.